The van der Waals surface area contributed by atoms with E-state index in [0.29, 0.717) is 12.6 Å². The Morgan fingerprint density at radius 1 is 1.37 bits per heavy atom. The Hall–Kier alpha value is -1.39. The van der Waals surface area contributed by atoms with Crippen LogP contribution >= 0.6 is 11.3 Å². The first-order valence-electron chi connectivity index (χ1n) is 6.56. The van der Waals surface area contributed by atoms with Gasteiger partial charge in [0.25, 0.3) is 0 Å². The van der Waals surface area contributed by atoms with Crippen LogP contribution in [0.25, 0.3) is 0 Å². The van der Waals surface area contributed by atoms with Gasteiger partial charge in [-0.15, -0.1) is 11.3 Å². The van der Waals surface area contributed by atoms with Gasteiger partial charge in [-0.1, -0.05) is 25.1 Å². The highest BCUT2D eigenvalue weighted by molar-refractivity contribution is 7.09. The highest BCUT2D eigenvalue weighted by Crippen LogP contribution is 2.25. The number of nitrogens with one attached hydrogen (secondary N) is 1. The number of para-hydroxylation sites is 1. The summed E-state index contributed by atoms with van der Waals surface area (Å²) in [7, 11) is 0. The Bertz CT molecular complexity index is 524. The van der Waals surface area contributed by atoms with Crippen LogP contribution in [0.4, 0.5) is 0 Å². The van der Waals surface area contributed by atoms with Crippen molar-refractivity contribution in [3.05, 3.63) is 45.9 Å². The molecule has 1 atom stereocenters. The number of aromatic nitrogens is 1. The van der Waals surface area contributed by atoms with Gasteiger partial charge < -0.3 is 10.1 Å². The Morgan fingerprint density at radius 3 is 2.84 bits per heavy atom. The van der Waals surface area contributed by atoms with E-state index < -0.39 is 0 Å². The number of ether oxygens (including phenoxy) is 1. The van der Waals surface area contributed by atoms with Crippen molar-refractivity contribution in [3.63, 3.8) is 0 Å². The van der Waals surface area contributed by atoms with Crippen molar-refractivity contribution < 1.29 is 4.74 Å². The van der Waals surface area contributed by atoms with E-state index in [2.05, 4.69) is 30.2 Å². The number of aryl methyl sites for hydroxylation is 1. The van der Waals surface area contributed by atoms with Crippen LogP contribution in [0.2, 0.25) is 0 Å². The standard InChI is InChI=1S/C15H20N2OS/c1-4-16-12(3)13-7-5-6-8-14(13)18-9-15-17-11(2)10-19-15/h5-8,10,12,16H,4,9H2,1-3H3. The molecule has 1 aromatic carbocycles. The SMILES string of the molecule is CCNC(C)c1ccccc1OCc1nc(C)cs1. The van der Waals surface area contributed by atoms with Crippen LogP contribution < -0.4 is 10.1 Å². The topological polar surface area (TPSA) is 34.1 Å². The van der Waals surface area contributed by atoms with E-state index in [9.17, 15) is 0 Å². The number of rotatable bonds is 6. The van der Waals surface area contributed by atoms with Gasteiger partial charge in [0.1, 0.15) is 17.4 Å². The second kappa shape index (κ2) is 6.68. The fourth-order valence-corrected chi connectivity index (χ4v) is 2.68. The van der Waals surface area contributed by atoms with Gasteiger partial charge >= 0.3 is 0 Å². The number of nitrogens with zero attached hydrogens (tertiary/aromatic N) is 1. The molecule has 2 rings (SSSR count). The predicted molar refractivity (Wildman–Crippen MR) is 79.7 cm³/mol. The Morgan fingerprint density at radius 2 is 2.16 bits per heavy atom. The Kier molecular flexibility index (Phi) is 4.93. The second-order valence-corrected chi connectivity index (χ2v) is 5.43. The summed E-state index contributed by atoms with van der Waals surface area (Å²) in [6.45, 7) is 7.74. The maximum atomic E-state index is 5.91. The Labute approximate surface area is 118 Å². The molecular weight excluding hydrogens is 256 g/mol. The van der Waals surface area contributed by atoms with Crippen molar-refractivity contribution in [1.82, 2.24) is 10.3 Å². The third-order valence-corrected chi connectivity index (χ3v) is 3.85. The normalized spacial score (nSPS) is 12.4. The lowest BCUT2D eigenvalue weighted by Crippen LogP contribution is -2.18. The lowest BCUT2D eigenvalue weighted by atomic mass is 10.1. The van der Waals surface area contributed by atoms with Gasteiger partial charge in [0.05, 0.1) is 0 Å². The molecule has 0 aliphatic carbocycles. The number of thiazole rings is 1. The first-order chi connectivity index (χ1) is 9.20. The smallest absolute Gasteiger partial charge is 0.140 e. The summed E-state index contributed by atoms with van der Waals surface area (Å²) >= 11 is 1.64. The molecule has 4 heteroatoms. The van der Waals surface area contributed by atoms with Crippen LogP contribution in [0.5, 0.6) is 5.75 Å². The predicted octanol–water partition coefficient (Wildman–Crippen LogP) is 3.70. The van der Waals surface area contributed by atoms with Crippen LogP contribution in [0, 0.1) is 6.92 Å². The molecule has 1 unspecified atom stereocenters. The highest BCUT2D eigenvalue weighted by atomic mass is 32.1. The fraction of sp³-hybridized carbons (Fsp3) is 0.400. The lowest BCUT2D eigenvalue weighted by Gasteiger charge is -2.17. The molecule has 1 heterocycles. The van der Waals surface area contributed by atoms with Crippen LogP contribution in [0.1, 0.15) is 36.2 Å². The van der Waals surface area contributed by atoms with Crippen molar-refractivity contribution in [2.24, 2.45) is 0 Å². The quantitative estimate of drug-likeness (QED) is 0.873. The van der Waals surface area contributed by atoms with Gasteiger partial charge in [0.2, 0.25) is 0 Å². The van der Waals surface area contributed by atoms with Gasteiger partial charge in [-0.2, -0.15) is 0 Å². The van der Waals surface area contributed by atoms with Gasteiger partial charge in [-0.25, -0.2) is 4.98 Å². The fourth-order valence-electron chi connectivity index (χ4n) is 1.99. The van der Waals surface area contributed by atoms with Crippen molar-refractivity contribution in [2.45, 2.75) is 33.4 Å². The minimum absolute atomic E-state index is 0.291. The van der Waals surface area contributed by atoms with E-state index in [1.54, 1.807) is 11.3 Å². The van der Waals surface area contributed by atoms with Crippen LogP contribution in [0.15, 0.2) is 29.6 Å². The molecule has 0 aliphatic rings. The molecule has 0 saturated carbocycles. The summed E-state index contributed by atoms with van der Waals surface area (Å²) < 4.78 is 5.91. The summed E-state index contributed by atoms with van der Waals surface area (Å²) in [5.41, 5.74) is 2.25. The lowest BCUT2D eigenvalue weighted by molar-refractivity contribution is 0.299. The molecule has 0 fully saturated rings. The second-order valence-electron chi connectivity index (χ2n) is 4.49. The van der Waals surface area contributed by atoms with Crippen molar-refractivity contribution >= 4 is 11.3 Å². The Balaban J connectivity index is 2.07. The monoisotopic (exact) mass is 276 g/mol. The van der Waals surface area contributed by atoms with Crippen LogP contribution in [-0.4, -0.2) is 11.5 Å². The first kappa shape index (κ1) is 14.0. The maximum Gasteiger partial charge on any atom is 0.140 e. The van der Waals surface area contributed by atoms with Crippen molar-refractivity contribution in [1.29, 1.82) is 0 Å². The molecule has 0 bridgehead atoms. The molecule has 1 N–H and O–H groups in total. The minimum atomic E-state index is 0.291. The average molecular weight is 276 g/mol. The van der Waals surface area contributed by atoms with E-state index >= 15 is 0 Å². The van der Waals surface area contributed by atoms with E-state index in [1.807, 2.05) is 30.5 Å². The molecule has 3 nitrogen and oxygen atoms in total. The minimum Gasteiger partial charge on any atom is -0.486 e. The summed E-state index contributed by atoms with van der Waals surface area (Å²) in [4.78, 5) is 4.41. The zero-order valence-corrected chi connectivity index (χ0v) is 12.5. The molecule has 0 amide bonds. The van der Waals surface area contributed by atoms with E-state index in [0.717, 1.165) is 23.0 Å². The number of benzene rings is 1. The summed E-state index contributed by atoms with van der Waals surface area (Å²) in [5, 5.41) is 6.48. The molecule has 0 saturated heterocycles. The van der Waals surface area contributed by atoms with E-state index in [4.69, 9.17) is 4.74 Å². The largest absolute Gasteiger partial charge is 0.486 e. The molecule has 19 heavy (non-hydrogen) atoms. The molecule has 1 aromatic heterocycles. The van der Waals surface area contributed by atoms with Crippen molar-refractivity contribution in [2.75, 3.05) is 6.54 Å². The molecule has 0 radical (unpaired) electrons. The van der Waals surface area contributed by atoms with Gasteiger partial charge in [0, 0.05) is 22.7 Å². The summed E-state index contributed by atoms with van der Waals surface area (Å²) in [6.07, 6.45) is 0. The van der Waals surface area contributed by atoms with Gasteiger partial charge in [-0.05, 0) is 26.5 Å². The van der Waals surface area contributed by atoms with E-state index in [1.165, 1.54) is 5.56 Å². The maximum absolute atomic E-state index is 5.91. The zero-order valence-electron chi connectivity index (χ0n) is 11.6. The molecule has 0 aliphatic heterocycles. The van der Waals surface area contributed by atoms with E-state index in [-0.39, 0.29) is 0 Å². The van der Waals surface area contributed by atoms with Crippen LogP contribution in [-0.2, 0) is 6.61 Å². The highest BCUT2D eigenvalue weighted by Gasteiger charge is 2.10. The molecular formula is C15H20N2OS. The first-order valence-corrected chi connectivity index (χ1v) is 7.44. The molecule has 2 aromatic rings. The summed E-state index contributed by atoms with van der Waals surface area (Å²) in [5.74, 6) is 0.934. The van der Waals surface area contributed by atoms with Gasteiger partial charge in [0.15, 0.2) is 0 Å². The number of hydrogen-bond donors (Lipinski definition) is 1. The van der Waals surface area contributed by atoms with Crippen molar-refractivity contribution in [3.8, 4) is 5.75 Å². The average Bonchev–Trinajstić information content (AvgIpc) is 2.83. The number of hydrogen-bond acceptors (Lipinski definition) is 4. The molecule has 0 spiro atoms. The third-order valence-electron chi connectivity index (χ3n) is 2.91. The van der Waals surface area contributed by atoms with Gasteiger partial charge in [-0.3, -0.25) is 0 Å². The molecule has 102 valence electrons. The third kappa shape index (κ3) is 3.78. The summed E-state index contributed by atoms with van der Waals surface area (Å²) in [6, 6.07) is 8.47. The zero-order chi connectivity index (χ0) is 13.7. The van der Waals surface area contributed by atoms with Crippen LogP contribution in [0.3, 0.4) is 0 Å².